The highest BCUT2D eigenvalue weighted by Crippen LogP contribution is 2.26. The van der Waals surface area contributed by atoms with E-state index >= 15 is 0 Å². The first-order chi connectivity index (χ1) is 12.2. The molecule has 1 aromatic heterocycles. The molecule has 6 heteroatoms. The molecule has 2 heterocycles. The van der Waals surface area contributed by atoms with Gasteiger partial charge in [-0.25, -0.2) is 4.98 Å². The zero-order chi connectivity index (χ0) is 17.2. The molecule has 0 saturated carbocycles. The molecule has 1 amide bonds. The number of rotatable bonds is 3. The molecule has 4 rings (SSSR count). The largest absolute Gasteiger partial charge is 0.329 e. The summed E-state index contributed by atoms with van der Waals surface area (Å²) in [6.45, 7) is 1.21. The maximum atomic E-state index is 13.1. The third-order valence-electron chi connectivity index (χ3n) is 4.57. The van der Waals surface area contributed by atoms with E-state index < -0.39 is 0 Å². The lowest BCUT2D eigenvalue weighted by atomic mass is 9.93. The Hall–Kier alpha value is -2.66. The minimum absolute atomic E-state index is 0.0104. The molecule has 0 aliphatic carbocycles. The van der Waals surface area contributed by atoms with Crippen molar-refractivity contribution in [3.8, 4) is 0 Å². The van der Waals surface area contributed by atoms with Crippen molar-refractivity contribution in [2.24, 2.45) is 0 Å². The molecular weight excluding hydrogens is 336 g/mol. The van der Waals surface area contributed by atoms with Crippen molar-refractivity contribution >= 4 is 17.5 Å². The van der Waals surface area contributed by atoms with E-state index in [9.17, 15) is 4.79 Å². The average molecular weight is 353 g/mol. The van der Waals surface area contributed by atoms with Crippen LogP contribution in [0.3, 0.4) is 0 Å². The zero-order valence-corrected chi connectivity index (χ0v) is 14.3. The minimum Gasteiger partial charge on any atom is -0.329 e. The first-order valence-electron chi connectivity index (χ1n) is 8.16. The number of carbonyl (C=O) groups excluding carboxylic acids is 1. The molecule has 0 fully saturated rings. The fourth-order valence-electron chi connectivity index (χ4n) is 3.29. The predicted molar refractivity (Wildman–Crippen MR) is 95.3 cm³/mol. The molecule has 0 saturated heterocycles. The van der Waals surface area contributed by atoms with Gasteiger partial charge in [-0.1, -0.05) is 35.9 Å². The normalized spacial score (nSPS) is 16.5. The Morgan fingerprint density at radius 3 is 2.60 bits per heavy atom. The summed E-state index contributed by atoms with van der Waals surface area (Å²) in [5.41, 5.74) is 3.12. The third kappa shape index (κ3) is 3.28. The van der Waals surface area contributed by atoms with Gasteiger partial charge in [0.15, 0.2) is 0 Å². The van der Waals surface area contributed by atoms with Crippen molar-refractivity contribution in [2.45, 2.75) is 25.6 Å². The summed E-state index contributed by atoms with van der Waals surface area (Å²) in [5, 5.41) is 4.82. The van der Waals surface area contributed by atoms with Gasteiger partial charge in [-0.15, -0.1) is 0 Å². The Labute approximate surface area is 150 Å². The van der Waals surface area contributed by atoms with E-state index in [4.69, 9.17) is 11.6 Å². The maximum Gasteiger partial charge on any atom is 0.254 e. The number of carbonyl (C=O) groups is 1. The molecule has 5 nitrogen and oxygen atoms in total. The van der Waals surface area contributed by atoms with Gasteiger partial charge in [0.1, 0.15) is 12.7 Å². The van der Waals surface area contributed by atoms with Crippen LogP contribution in [0.4, 0.5) is 0 Å². The zero-order valence-electron chi connectivity index (χ0n) is 13.5. The fourth-order valence-corrected chi connectivity index (χ4v) is 3.42. The summed E-state index contributed by atoms with van der Waals surface area (Å²) in [5.74, 6) is 0.0104. The molecule has 0 radical (unpaired) electrons. The van der Waals surface area contributed by atoms with Crippen molar-refractivity contribution in [3.05, 3.63) is 82.9 Å². The van der Waals surface area contributed by atoms with Crippen LogP contribution in [0, 0.1) is 0 Å². The molecule has 1 atom stereocenters. The Bertz CT molecular complexity index is 877. The number of hydrogen-bond acceptors (Lipinski definition) is 3. The van der Waals surface area contributed by atoms with Gasteiger partial charge in [-0.3, -0.25) is 9.48 Å². The number of amides is 1. The molecule has 25 heavy (non-hydrogen) atoms. The van der Waals surface area contributed by atoms with Gasteiger partial charge in [0.25, 0.3) is 5.91 Å². The summed E-state index contributed by atoms with van der Waals surface area (Å²) < 4.78 is 1.78. The Morgan fingerprint density at radius 2 is 1.88 bits per heavy atom. The second-order valence-corrected chi connectivity index (χ2v) is 6.62. The maximum absolute atomic E-state index is 13.1. The fraction of sp³-hybridized carbons (Fsp3) is 0.211. The standard InChI is InChI=1S/C19H17ClN4O/c20-17-7-5-14(6-8-17)19(25)24-10-16-4-2-1-3-15(16)9-18(24)11-23-13-21-12-22-23/h1-8,12-13,18H,9-11H2. The monoisotopic (exact) mass is 352 g/mol. The van der Waals surface area contributed by atoms with Crippen molar-refractivity contribution in [3.63, 3.8) is 0 Å². The van der Waals surface area contributed by atoms with Crippen LogP contribution in [-0.2, 0) is 19.5 Å². The molecule has 3 aromatic rings. The average Bonchev–Trinajstić information content (AvgIpc) is 3.14. The lowest BCUT2D eigenvalue weighted by Crippen LogP contribution is -2.46. The molecule has 1 aliphatic heterocycles. The highest BCUT2D eigenvalue weighted by Gasteiger charge is 2.30. The molecule has 0 spiro atoms. The Morgan fingerprint density at radius 1 is 1.12 bits per heavy atom. The molecule has 126 valence electrons. The van der Waals surface area contributed by atoms with Crippen LogP contribution in [0.15, 0.2) is 61.2 Å². The number of hydrogen-bond donors (Lipinski definition) is 0. The van der Waals surface area contributed by atoms with Gasteiger partial charge in [-0.2, -0.15) is 5.10 Å². The number of nitrogens with zero attached hydrogens (tertiary/aromatic N) is 4. The topological polar surface area (TPSA) is 51.0 Å². The van der Waals surface area contributed by atoms with Crippen molar-refractivity contribution < 1.29 is 4.79 Å². The van der Waals surface area contributed by atoms with Gasteiger partial charge in [0.2, 0.25) is 0 Å². The van der Waals surface area contributed by atoms with Gasteiger partial charge in [-0.05, 0) is 41.8 Å². The molecule has 0 N–H and O–H groups in total. The summed E-state index contributed by atoms with van der Waals surface area (Å²) in [6.07, 6.45) is 4.00. The molecule has 1 aliphatic rings. The first kappa shape index (κ1) is 15.8. The molecule has 2 aromatic carbocycles. The van der Waals surface area contributed by atoms with Gasteiger partial charge in [0, 0.05) is 17.1 Å². The van der Waals surface area contributed by atoms with Crippen molar-refractivity contribution in [2.75, 3.05) is 0 Å². The van der Waals surface area contributed by atoms with Crippen LogP contribution in [0.1, 0.15) is 21.5 Å². The van der Waals surface area contributed by atoms with E-state index in [0.29, 0.717) is 23.7 Å². The molecular formula is C19H17ClN4O. The highest BCUT2D eigenvalue weighted by molar-refractivity contribution is 6.30. The third-order valence-corrected chi connectivity index (χ3v) is 4.82. The summed E-state index contributed by atoms with van der Waals surface area (Å²) in [7, 11) is 0. The van der Waals surface area contributed by atoms with Gasteiger partial charge >= 0.3 is 0 Å². The van der Waals surface area contributed by atoms with Crippen LogP contribution in [0.25, 0.3) is 0 Å². The van der Waals surface area contributed by atoms with Gasteiger partial charge in [0.05, 0.1) is 12.6 Å². The lowest BCUT2D eigenvalue weighted by molar-refractivity contribution is 0.0614. The number of halogens is 1. The summed E-state index contributed by atoms with van der Waals surface area (Å²) in [4.78, 5) is 19.0. The first-order valence-corrected chi connectivity index (χ1v) is 8.54. The number of fused-ring (bicyclic) bond motifs is 1. The van der Waals surface area contributed by atoms with Crippen LogP contribution in [-0.4, -0.2) is 31.6 Å². The van der Waals surface area contributed by atoms with E-state index in [2.05, 4.69) is 22.2 Å². The SMILES string of the molecule is O=C(c1ccc(Cl)cc1)N1Cc2ccccc2CC1Cn1cncn1. The predicted octanol–water partition coefficient (Wildman–Crippen LogP) is 3.20. The Kier molecular flexibility index (Phi) is 4.24. The van der Waals surface area contributed by atoms with E-state index in [-0.39, 0.29) is 11.9 Å². The van der Waals surface area contributed by atoms with E-state index in [0.717, 1.165) is 6.42 Å². The second kappa shape index (κ2) is 6.69. The second-order valence-electron chi connectivity index (χ2n) is 6.18. The minimum atomic E-state index is 0.0104. The van der Waals surface area contributed by atoms with Crippen molar-refractivity contribution in [1.82, 2.24) is 19.7 Å². The van der Waals surface area contributed by atoms with Gasteiger partial charge < -0.3 is 4.90 Å². The molecule has 0 bridgehead atoms. The Balaban J connectivity index is 1.66. The lowest BCUT2D eigenvalue weighted by Gasteiger charge is -2.37. The number of benzene rings is 2. The summed E-state index contributed by atoms with van der Waals surface area (Å²) >= 11 is 5.95. The van der Waals surface area contributed by atoms with E-state index in [1.807, 2.05) is 17.0 Å². The highest BCUT2D eigenvalue weighted by atomic mass is 35.5. The van der Waals surface area contributed by atoms with Crippen LogP contribution < -0.4 is 0 Å². The van der Waals surface area contributed by atoms with Crippen LogP contribution in [0.2, 0.25) is 5.02 Å². The van der Waals surface area contributed by atoms with Crippen molar-refractivity contribution in [1.29, 1.82) is 0 Å². The quantitative estimate of drug-likeness (QED) is 0.727. The van der Waals surface area contributed by atoms with E-state index in [1.54, 1.807) is 35.3 Å². The van der Waals surface area contributed by atoms with Crippen LogP contribution >= 0.6 is 11.6 Å². The summed E-state index contributed by atoms with van der Waals surface area (Å²) in [6, 6.07) is 15.4. The number of aromatic nitrogens is 3. The van der Waals surface area contributed by atoms with E-state index in [1.165, 1.54) is 17.5 Å². The van der Waals surface area contributed by atoms with Crippen LogP contribution in [0.5, 0.6) is 0 Å². The molecule has 1 unspecified atom stereocenters. The smallest absolute Gasteiger partial charge is 0.254 e.